The molecule has 29 heavy (non-hydrogen) atoms. The summed E-state index contributed by atoms with van der Waals surface area (Å²) in [4.78, 5) is 34.9. The maximum atomic E-state index is 14.5. The third-order valence-corrected chi connectivity index (χ3v) is 4.53. The summed E-state index contributed by atoms with van der Waals surface area (Å²) in [5.41, 5.74) is 0.0118. The Hall–Kier alpha value is -2.98. The minimum absolute atomic E-state index is 0.100. The van der Waals surface area contributed by atoms with Gasteiger partial charge in [0.25, 0.3) is 0 Å². The number of carbonyl (C=O) groups is 2. The number of aliphatic hydroxyl groups is 1. The lowest BCUT2D eigenvalue weighted by Gasteiger charge is -2.30. The molecular formula is C19H24FN3O6. The molecule has 0 radical (unpaired) electrons. The van der Waals surface area contributed by atoms with Crippen molar-refractivity contribution in [3.05, 3.63) is 39.9 Å². The first-order valence-electron chi connectivity index (χ1n) is 9.13. The van der Waals surface area contributed by atoms with E-state index in [0.29, 0.717) is 30.8 Å². The average Bonchev–Trinajstić information content (AvgIpc) is 2.69. The van der Waals surface area contributed by atoms with Crippen LogP contribution in [0.4, 0.5) is 10.1 Å². The van der Waals surface area contributed by atoms with Crippen LogP contribution in [-0.2, 0) is 11.3 Å². The quantitative estimate of drug-likeness (QED) is 0.581. The van der Waals surface area contributed by atoms with Crippen LogP contribution in [0, 0.1) is 5.82 Å². The van der Waals surface area contributed by atoms with E-state index in [-0.39, 0.29) is 10.9 Å². The summed E-state index contributed by atoms with van der Waals surface area (Å²) < 4.78 is 16.2. The van der Waals surface area contributed by atoms with Crippen LogP contribution in [-0.4, -0.2) is 64.1 Å². The van der Waals surface area contributed by atoms with Gasteiger partial charge in [0.2, 0.25) is 5.43 Å². The lowest BCUT2D eigenvalue weighted by Crippen LogP contribution is -2.43. The molecule has 0 aliphatic carbocycles. The average molecular weight is 409 g/mol. The molecule has 1 aromatic carbocycles. The van der Waals surface area contributed by atoms with E-state index in [9.17, 15) is 18.8 Å². The van der Waals surface area contributed by atoms with Gasteiger partial charge in [-0.2, -0.15) is 0 Å². The summed E-state index contributed by atoms with van der Waals surface area (Å²) >= 11 is 0. The van der Waals surface area contributed by atoms with E-state index in [4.69, 9.17) is 15.3 Å². The summed E-state index contributed by atoms with van der Waals surface area (Å²) in [6.45, 7) is 6.46. The predicted molar refractivity (Wildman–Crippen MR) is 105 cm³/mol. The Labute approximate surface area is 166 Å². The lowest BCUT2D eigenvalue weighted by atomic mass is 10.1. The Morgan fingerprint density at radius 1 is 1.24 bits per heavy atom. The Morgan fingerprint density at radius 3 is 2.31 bits per heavy atom. The predicted octanol–water partition coefficient (Wildman–Crippen LogP) is 0.720. The second-order valence-corrected chi connectivity index (χ2v) is 6.54. The maximum Gasteiger partial charge on any atom is 0.341 e. The number of aliphatic hydroxyl groups excluding tert-OH is 1. The highest BCUT2D eigenvalue weighted by atomic mass is 19.1. The van der Waals surface area contributed by atoms with Crippen molar-refractivity contribution in [2.75, 3.05) is 31.1 Å². The molecule has 0 bridgehead atoms. The number of carboxylic acid groups (broad SMARTS) is 2. The Morgan fingerprint density at radius 2 is 1.83 bits per heavy atom. The summed E-state index contributed by atoms with van der Waals surface area (Å²) in [5, 5.41) is 28.2. The summed E-state index contributed by atoms with van der Waals surface area (Å²) in [6.07, 6.45) is 0.0944. The fraction of sp³-hybridized carbons (Fsp3) is 0.421. The molecule has 0 saturated carbocycles. The molecule has 158 valence electrons. The first kappa shape index (κ1) is 22.3. The molecule has 0 spiro atoms. The van der Waals surface area contributed by atoms with Gasteiger partial charge in [0.1, 0.15) is 17.5 Å². The van der Waals surface area contributed by atoms with Gasteiger partial charge in [-0.15, -0.1) is 0 Å². The monoisotopic (exact) mass is 409 g/mol. The Balaban J connectivity index is 0.000000438. The van der Waals surface area contributed by atoms with Gasteiger partial charge in [-0.25, -0.2) is 14.0 Å². The van der Waals surface area contributed by atoms with Crippen molar-refractivity contribution in [1.82, 2.24) is 9.88 Å². The number of carboxylic acids is 2. The van der Waals surface area contributed by atoms with Crippen LogP contribution in [0.2, 0.25) is 0 Å². The van der Waals surface area contributed by atoms with E-state index in [1.807, 2.05) is 11.8 Å². The standard InChI is InChI=1S/C16H18FN3O3.C3H6O3/c1-2-19-9-11(16(22)23)15(21)10-7-12(17)14(8-13(10)19)20-5-3-18-4-6-20;1-2(4)3(5)6/h7-9,18H,2-6H2,1H3,(H,22,23);2,4H,1H3,(H,5,6). The van der Waals surface area contributed by atoms with Gasteiger partial charge in [0, 0.05) is 44.3 Å². The van der Waals surface area contributed by atoms with Crippen molar-refractivity contribution in [2.24, 2.45) is 0 Å². The first-order valence-corrected chi connectivity index (χ1v) is 9.13. The topological polar surface area (TPSA) is 132 Å². The molecule has 1 fully saturated rings. The van der Waals surface area contributed by atoms with Crippen molar-refractivity contribution in [3.8, 4) is 0 Å². The van der Waals surface area contributed by atoms with Gasteiger partial charge in [-0.3, -0.25) is 4.79 Å². The van der Waals surface area contributed by atoms with E-state index in [1.165, 1.54) is 13.1 Å². The molecule has 2 aromatic rings. The van der Waals surface area contributed by atoms with Gasteiger partial charge < -0.3 is 30.1 Å². The molecule has 1 unspecified atom stereocenters. The molecule has 2 heterocycles. The largest absolute Gasteiger partial charge is 0.479 e. The molecule has 0 amide bonds. The number of hydrogen-bond donors (Lipinski definition) is 4. The van der Waals surface area contributed by atoms with Gasteiger partial charge >= 0.3 is 11.9 Å². The molecule has 1 aliphatic heterocycles. The second kappa shape index (κ2) is 9.48. The molecule has 1 atom stereocenters. The van der Waals surface area contributed by atoms with Gasteiger partial charge in [0.05, 0.1) is 11.2 Å². The molecule has 10 heteroatoms. The number of nitrogens with one attached hydrogen (secondary N) is 1. The molecular weight excluding hydrogens is 385 g/mol. The number of aromatic nitrogens is 1. The zero-order valence-corrected chi connectivity index (χ0v) is 16.2. The molecule has 1 aliphatic rings. The normalized spacial score (nSPS) is 14.8. The highest BCUT2D eigenvalue weighted by molar-refractivity contribution is 5.93. The number of aromatic carboxylic acids is 1. The Kier molecular flexibility index (Phi) is 7.29. The zero-order chi connectivity index (χ0) is 21.7. The van der Waals surface area contributed by atoms with Crippen LogP contribution >= 0.6 is 0 Å². The molecule has 4 N–H and O–H groups in total. The summed E-state index contributed by atoms with van der Waals surface area (Å²) in [6, 6.07) is 2.81. The smallest absolute Gasteiger partial charge is 0.341 e. The SMILES string of the molecule is CC(O)C(=O)O.CCn1cc(C(=O)O)c(=O)c2cc(F)c(N3CCNCC3)cc21. The number of benzene rings is 1. The number of piperazine rings is 1. The van der Waals surface area contributed by atoms with Crippen LogP contribution in [0.1, 0.15) is 24.2 Å². The minimum Gasteiger partial charge on any atom is -0.479 e. The number of nitrogens with zero attached hydrogens (tertiary/aromatic N) is 2. The van der Waals surface area contributed by atoms with Crippen LogP contribution in [0.5, 0.6) is 0 Å². The molecule has 1 aromatic heterocycles. The Bertz CT molecular complexity index is 967. The number of fused-ring (bicyclic) bond motifs is 1. The van der Waals surface area contributed by atoms with E-state index < -0.39 is 29.3 Å². The van der Waals surface area contributed by atoms with Crippen LogP contribution in [0.25, 0.3) is 10.9 Å². The lowest BCUT2D eigenvalue weighted by molar-refractivity contribution is -0.145. The van der Waals surface area contributed by atoms with E-state index in [0.717, 1.165) is 19.2 Å². The number of anilines is 1. The van der Waals surface area contributed by atoms with Gasteiger partial charge in [-0.05, 0) is 26.0 Å². The number of halogens is 1. The van der Waals surface area contributed by atoms with Crippen molar-refractivity contribution in [2.45, 2.75) is 26.5 Å². The van der Waals surface area contributed by atoms with E-state index >= 15 is 0 Å². The number of pyridine rings is 1. The van der Waals surface area contributed by atoms with Crippen molar-refractivity contribution < 1.29 is 29.3 Å². The first-order chi connectivity index (χ1) is 13.7. The van der Waals surface area contributed by atoms with Crippen LogP contribution < -0.4 is 15.6 Å². The second-order valence-electron chi connectivity index (χ2n) is 6.54. The highest BCUT2D eigenvalue weighted by Gasteiger charge is 2.20. The summed E-state index contributed by atoms with van der Waals surface area (Å²) in [5.74, 6) is -2.98. The van der Waals surface area contributed by atoms with Crippen molar-refractivity contribution >= 4 is 28.5 Å². The number of aliphatic carboxylic acids is 1. The number of aryl methyl sites for hydroxylation is 1. The van der Waals surface area contributed by atoms with Gasteiger partial charge in [-0.1, -0.05) is 0 Å². The van der Waals surface area contributed by atoms with Crippen molar-refractivity contribution in [1.29, 1.82) is 0 Å². The fourth-order valence-electron chi connectivity index (χ4n) is 2.96. The third-order valence-electron chi connectivity index (χ3n) is 4.53. The zero-order valence-electron chi connectivity index (χ0n) is 16.2. The van der Waals surface area contributed by atoms with E-state index in [2.05, 4.69) is 5.32 Å². The minimum atomic E-state index is -1.30. The van der Waals surface area contributed by atoms with Crippen LogP contribution in [0.3, 0.4) is 0 Å². The molecule has 9 nitrogen and oxygen atoms in total. The number of rotatable bonds is 4. The third kappa shape index (κ3) is 5.09. The van der Waals surface area contributed by atoms with Crippen LogP contribution in [0.15, 0.2) is 23.1 Å². The number of hydrogen-bond acceptors (Lipinski definition) is 6. The summed E-state index contributed by atoms with van der Waals surface area (Å²) in [7, 11) is 0. The molecule has 1 saturated heterocycles. The molecule has 3 rings (SSSR count). The fourth-order valence-corrected chi connectivity index (χ4v) is 2.96. The van der Waals surface area contributed by atoms with Crippen molar-refractivity contribution in [3.63, 3.8) is 0 Å². The van der Waals surface area contributed by atoms with E-state index in [1.54, 1.807) is 10.6 Å². The van der Waals surface area contributed by atoms with Gasteiger partial charge in [0.15, 0.2) is 0 Å². The highest BCUT2D eigenvalue weighted by Crippen LogP contribution is 2.25. The maximum absolute atomic E-state index is 14.5.